The lowest BCUT2D eigenvalue weighted by atomic mass is 10.1. The van der Waals surface area contributed by atoms with E-state index in [4.69, 9.17) is 33.0 Å². The van der Waals surface area contributed by atoms with Crippen molar-refractivity contribution in [3.63, 3.8) is 0 Å². The number of nitrogens with one attached hydrogen (secondary N) is 2. The van der Waals surface area contributed by atoms with Gasteiger partial charge in [0.05, 0.1) is 6.67 Å². The van der Waals surface area contributed by atoms with Crippen LogP contribution in [0.3, 0.4) is 0 Å². The van der Waals surface area contributed by atoms with E-state index in [0.29, 0.717) is 30.0 Å². The van der Waals surface area contributed by atoms with Crippen LogP contribution >= 0.6 is 19.4 Å². The van der Waals surface area contributed by atoms with Crippen molar-refractivity contribution < 1.29 is 23.8 Å². The molecular formula is C10H14BClN4O5P+. The number of fused-ring (bicyclic) bond motifs is 2. The molecule has 3 fully saturated rings. The first-order valence-corrected chi connectivity index (χ1v) is 8.74. The van der Waals surface area contributed by atoms with E-state index in [9.17, 15) is 10.00 Å². The second-order valence-corrected chi connectivity index (χ2v) is 7.27. The summed E-state index contributed by atoms with van der Waals surface area (Å²) in [6, 6.07) is 0. The molecule has 0 aliphatic carbocycles. The van der Waals surface area contributed by atoms with Gasteiger partial charge in [-0.3, -0.25) is 0 Å². The topological polar surface area (TPSA) is 108 Å². The third kappa shape index (κ3) is 2.30. The maximum absolute atomic E-state index is 10.5. The van der Waals surface area contributed by atoms with Crippen LogP contribution in [-0.2, 0) is 13.8 Å². The average Bonchev–Trinajstić information content (AvgIpc) is 3.01. The summed E-state index contributed by atoms with van der Waals surface area (Å²) in [5.41, 5.74) is 0.665. The van der Waals surface area contributed by atoms with Gasteiger partial charge in [-0.2, -0.15) is 9.05 Å². The minimum Gasteiger partial charge on any atom is -0.385 e. The predicted molar refractivity (Wildman–Crippen MR) is 78.5 cm³/mol. The quantitative estimate of drug-likeness (QED) is 0.259. The number of aliphatic hydroxyl groups excluding tert-OH is 1. The molecule has 4 rings (SSSR count). The van der Waals surface area contributed by atoms with Gasteiger partial charge in [-0.25, -0.2) is 9.89 Å². The van der Waals surface area contributed by atoms with Gasteiger partial charge in [0, 0.05) is 0 Å². The molecule has 4 aliphatic heterocycles. The summed E-state index contributed by atoms with van der Waals surface area (Å²) in [7, 11) is 2.11. The van der Waals surface area contributed by atoms with Crippen molar-refractivity contribution >= 4 is 32.8 Å². The Morgan fingerprint density at radius 2 is 2.27 bits per heavy atom. The Morgan fingerprint density at radius 3 is 3.09 bits per heavy atom. The van der Waals surface area contributed by atoms with Crippen LogP contribution in [0.1, 0.15) is 0 Å². The number of ether oxygens (including phenoxy) is 1. The Balaban J connectivity index is 1.56. The molecule has 22 heavy (non-hydrogen) atoms. The number of amidine groups is 1. The molecule has 0 amide bonds. The molecular weight excluding hydrogens is 333 g/mol. The van der Waals surface area contributed by atoms with Gasteiger partial charge >= 0.3 is 15.4 Å². The zero-order chi connectivity index (χ0) is 15.5. The second kappa shape index (κ2) is 5.20. The Kier molecular flexibility index (Phi) is 3.54. The number of hydrogen-bond acceptors (Lipinski definition) is 9. The summed E-state index contributed by atoms with van der Waals surface area (Å²) in [5.74, 6) is 0.616. The molecule has 4 heterocycles. The van der Waals surface area contributed by atoms with Crippen molar-refractivity contribution in [2.24, 2.45) is 4.99 Å². The summed E-state index contributed by atoms with van der Waals surface area (Å²) in [4.78, 5) is 15.8. The van der Waals surface area contributed by atoms with Crippen molar-refractivity contribution in [2.75, 3.05) is 19.9 Å². The molecule has 0 aromatic carbocycles. The van der Waals surface area contributed by atoms with Crippen molar-refractivity contribution in [3.05, 3.63) is 10.9 Å². The van der Waals surface area contributed by atoms with Crippen LogP contribution in [0.5, 0.6) is 0 Å². The molecule has 12 heteroatoms. The standard InChI is InChI=1S/C10H14BClN4O5P/c11-22(18)19-1-4-7(21-22)6(17)10(20-4)16-3-15-5-8(12)13-2-14-9(5)16/h4,6-7,10,13,15,17-18H,1-3H2/q+1/t4?,6?,7-,10?,22?/m1/s1. The highest BCUT2D eigenvalue weighted by Crippen LogP contribution is 2.57. The Bertz CT molecular complexity index is 563. The maximum Gasteiger partial charge on any atom is 0.488 e. The number of rotatable bonds is 1. The minimum atomic E-state index is -3.39. The highest BCUT2D eigenvalue weighted by molar-refractivity contribution is 7.85. The molecule has 4 unspecified atom stereocenters. The predicted octanol–water partition coefficient (Wildman–Crippen LogP) is -1.44. The molecule has 3 saturated heterocycles. The van der Waals surface area contributed by atoms with E-state index >= 15 is 0 Å². The molecule has 2 radical (unpaired) electrons. The van der Waals surface area contributed by atoms with E-state index in [-0.39, 0.29) is 6.61 Å². The summed E-state index contributed by atoms with van der Waals surface area (Å²) >= 11 is 6.09. The van der Waals surface area contributed by atoms with E-state index in [1.807, 2.05) is 0 Å². The van der Waals surface area contributed by atoms with Crippen LogP contribution in [0, 0.1) is 0 Å². The second-order valence-electron chi connectivity index (χ2n) is 5.30. The number of hydrogen-bond donors (Lipinski definition) is 4. The van der Waals surface area contributed by atoms with Crippen molar-refractivity contribution in [1.29, 1.82) is 0 Å². The highest BCUT2D eigenvalue weighted by Gasteiger charge is 2.58. The molecule has 4 N–H and O–H groups in total. The lowest BCUT2D eigenvalue weighted by molar-refractivity contribution is -0.0738. The van der Waals surface area contributed by atoms with Gasteiger partial charge in [-0.05, 0) is 0 Å². The fraction of sp³-hybridized carbons (Fsp3) is 0.700. The molecule has 9 nitrogen and oxygen atoms in total. The minimum absolute atomic E-state index is 0.0672. The zero-order valence-electron chi connectivity index (χ0n) is 11.3. The van der Waals surface area contributed by atoms with Crippen LogP contribution in [0.15, 0.2) is 15.8 Å². The molecule has 0 spiro atoms. The first kappa shape index (κ1) is 15.0. The Hall–Kier alpha value is -0.605. The highest BCUT2D eigenvalue weighted by atomic mass is 35.5. The largest absolute Gasteiger partial charge is 0.488 e. The van der Waals surface area contributed by atoms with Crippen molar-refractivity contribution in [2.45, 2.75) is 24.5 Å². The molecule has 4 aliphatic rings. The Labute approximate surface area is 133 Å². The number of aliphatic hydroxyl groups is 1. The summed E-state index contributed by atoms with van der Waals surface area (Å²) < 4.78 is 16.1. The van der Waals surface area contributed by atoms with Crippen LogP contribution in [0.2, 0.25) is 0 Å². The van der Waals surface area contributed by atoms with Crippen LogP contribution in [-0.4, -0.2) is 72.8 Å². The Morgan fingerprint density at radius 1 is 1.45 bits per heavy atom. The average molecular weight is 347 g/mol. The monoisotopic (exact) mass is 347 g/mol. The third-order valence-corrected chi connectivity index (χ3v) is 5.30. The lowest BCUT2D eigenvalue weighted by Gasteiger charge is -2.28. The van der Waals surface area contributed by atoms with Gasteiger partial charge in [0.15, 0.2) is 18.2 Å². The normalized spacial score (nSPS) is 44.1. The third-order valence-electron chi connectivity index (χ3n) is 3.92. The first-order chi connectivity index (χ1) is 10.5. The number of nitrogens with zero attached hydrogens (tertiary/aromatic N) is 2. The smallest absolute Gasteiger partial charge is 0.385 e. The number of halogens is 1. The van der Waals surface area contributed by atoms with E-state index in [1.165, 1.54) is 0 Å². The van der Waals surface area contributed by atoms with Gasteiger partial charge in [0.1, 0.15) is 36.3 Å². The summed E-state index contributed by atoms with van der Waals surface area (Å²) in [6.45, 7) is 0.799. The summed E-state index contributed by atoms with van der Waals surface area (Å²) in [6.07, 6.45) is -2.94. The van der Waals surface area contributed by atoms with Gasteiger partial charge < -0.3 is 25.4 Å². The molecule has 118 valence electrons. The number of aliphatic imine (C=N–C) groups is 1. The van der Waals surface area contributed by atoms with Gasteiger partial charge in [0.25, 0.3) is 0 Å². The van der Waals surface area contributed by atoms with E-state index < -0.39 is 32.4 Å². The maximum atomic E-state index is 10.5. The van der Waals surface area contributed by atoms with E-state index in [0.717, 1.165) is 0 Å². The van der Waals surface area contributed by atoms with Crippen molar-refractivity contribution in [1.82, 2.24) is 15.5 Å². The molecule has 0 aromatic rings. The molecule has 0 bridgehead atoms. The summed E-state index contributed by atoms with van der Waals surface area (Å²) in [5, 5.41) is 17.0. The van der Waals surface area contributed by atoms with E-state index in [2.05, 4.69) is 15.6 Å². The van der Waals surface area contributed by atoms with E-state index in [1.54, 1.807) is 4.90 Å². The van der Waals surface area contributed by atoms with Gasteiger partial charge in [0.2, 0.25) is 0 Å². The van der Waals surface area contributed by atoms with Crippen molar-refractivity contribution in [3.8, 4) is 0 Å². The molecule has 0 saturated carbocycles. The first-order valence-electron chi connectivity index (χ1n) is 6.72. The van der Waals surface area contributed by atoms with Crippen LogP contribution < -0.4 is 10.6 Å². The fourth-order valence-corrected chi connectivity index (χ4v) is 4.16. The fourth-order valence-electron chi connectivity index (χ4n) is 2.92. The van der Waals surface area contributed by atoms with Gasteiger partial charge in [-0.1, -0.05) is 11.6 Å². The molecule has 5 atom stereocenters. The zero-order valence-corrected chi connectivity index (χ0v) is 13.0. The molecule has 0 aromatic heterocycles. The van der Waals surface area contributed by atoms with Crippen LogP contribution in [0.4, 0.5) is 0 Å². The SMILES string of the molecule is [B][P+]1(O)OCC2OC(N3CNC4=C(Cl)NCN=C43)C(O)[C@@H]2O1. The van der Waals surface area contributed by atoms with Crippen LogP contribution in [0.25, 0.3) is 0 Å². The lowest BCUT2D eigenvalue weighted by Crippen LogP contribution is -2.47. The van der Waals surface area contributed by atoms with Gasteiger partial charge in [-0.15, -0.1) is 0 Å².